The molecule has 0 amide bonds. The van der Waals surface area contributed by atoms with Gasteiger partial charge in [0, 0.05) is 5.57 Å². The maximum atomic E-state index is 12.2. The van der Waals surface area contributed by atoms with Crippen molar-refractivity contribution < 1.29 is 19.4 Å². The number of rotatable bonds is 4. The molecule has 0 aliphatic carbocycles. The largest absolute Gasteiger partial charge is 0.382 e. The van der Waals surface area contributed by atoms with E-state index in [9.17, 15) is 9.59 Å². The van der Waals surface area contributed by atoms with E-state index in [1.165, 1.54) is 0 Å². The third-order valence-electron chi connectivity index (χ3n) is 4.85. The van der Waals surface area contributed by atoms with Gasteiger partial charge in [0.1, 0.15) is 0 Å². The van der Waals surface area contributed by atoms with Gasteiger partial charge in [0.15, 0.2) is 0 Å². The summed E-state index contributed by atoms with van der Waals surface area (Å²) in [6.07, 6.45) is 1.72. The molecule has 0 atom stereocenters. The molecule has 0 saturated carbocycles. The lowest BCUT2D eigenvalue weighted by Crippen LogP contribution is -2.13. The third kappa shape index (κ3) is 4.55. The second-order valence-corrected chi connectivity index (χ2v) is 7.12. The van der Waals surface area contributed by atoms with Crippen molar-refractivity contribution in [2.24, 2.45) is 0 Å². The predicted octanol–water partition coefficient (Wildman–Crippen LogP) is 5.64. The lowest BCUT2D eigenvalue weighted by Gasteiger charge is -2.05. The van der Waals surface area contributed by atoms with Gasteiger partial charge in [-0.1, -0.05) is 78.9 Å². The summed E-state index contributed by atoms with van der Waals surface area (Å²) in [7, 11) is 0. The van der Waals surface area contributed by atoms with E-state index in [1.807, 2.05) is 84.9 Å². The molecule has 0 fully saturated rings. The van der Waals surface area contributed by atoms with Gasteiger partial charge in [0.05, 0.1) is 6.42 Å². The average molecular weight is 396 g/mol. The lowest BCUT2D eigenvalue weighted by atomic mass is 10.1. The Morgan fingerprint density at radius 1 is 0.733 bits per heavy atom. The number of benzene rings is 4. The molecule has 0 aromatic heterocycles. The van der Waals surface area contributed by atoms with Crippen LogP contribution in [-0.4, -0.2) is 11.9 Å². The van der Waals surface area contributed by atoms with Gasteiger partial charge in [-0.2, -0.15) is 0 Å². The van der Waals surface area contributed by atoms with Gasteiger partial charge in [0.2, 0.25) is 0 Å². The zero-order valence-corrected chi connectivity index (χ0v) is 16.5. The van der Waals surface area contributed by atoms with Crippen molar-refractivity contribution in [3.8, 4) is 0 Å². The standard InChI is InChI=1S/C26H20O4/c1-18(14-19-10-12-21-6-2-4-8-23(21)15-19)26(28)30-29-25(27)17-20-11-13-22-7-3-5-9-24(22)16-20/h2-16H,17H2,1H3/b18-14+. The van der Waals surface area contributed by atoms with E-state index in [0.717, 1.165) is 32.7 Å². The minimum absolute atomic E-state index is 0.0194. The molecule has 0 bridgehead atoms. The van der Waals surface area contributed by atoms with Crippen LogP contribution in [0.1, 0.15) is 18.1 Å². The molecule has 0 radical (unpaired) electrons. The highest BCUT2D eigenvalue weighted by atomic mass is 17.2. The fraction of sp³-hybridized carbons (Fsp3) is 0.0769. The monoisotopic (exact) mass is 396 g/mol. The number of carbonyl (C=O) groups excluding carboxylic acids is 2. The topological polar surface area (TPSA) is 52.6 Å². The average Bonchev–Trinajstić information content (AvgIpc) is 2.77. The van der Waals surface area contributed by atoms with Gasteiger partial charge in [-0.3, -0.25) is 0 Å². The maximum Gasteiger partial charge on any atom is 0.382 e. The molecule has 0 N–H and O–H groups in total. The van der Waals surface area contributed by atoms with Gasteiger partial charge >= 0.3 is 11.9 Å². The van der Waals surface area contributed by atoms with Crippen LogP contribution in [0.3, 0.4) is 0 Å². The minimum atomic E-state index is -0.699. The second kappa shape index (κ2) is 8.62. The first kappa shape index (κ1) is 19.4. The molecule has 4 aromatic carbocycles. The second-order valence-electron chi connectivity index (χ2n) is 7.12. The van der Waals surface area contributed by atoms with Crippen LogP contribution in [0.2, 0.25) is 0 Å². The van der Waals surface area contributed by atoms with Gasteiger partial charge in [0.25, 0.3) is 0 Å². The van der Waals surface area contributed by atoms with E-state index in [1.54, 1.807) is 13.0 Å². The highest BCUT2D eigenvalue weighted by molar-refractivity contribution is 5.94. The Morgan fingerprint density at radius 2 is 1.33 bits per heavy atom. The summed E-state index contributed by atoms with van der Waals surface area (Å²) < 4.78 is 0. The van der Waals surface area contributed by atoms with Crippen molar-refractivity contribution in [3.63, 3.8) is 0 Å². The van der Waals surface area contributed by atoms with Crippen molar-refractivity contribution in [2.45, 2.75) is 13.3 Å². The molecule has 0 aliphatic heterocycles. The number of hydrogen-bond acceptors (Lipinski definition) is 4. The summed E-state index contributed by atoms with van der Waals surface area (Å²) in [5.74, 6) is -1.33. The Kier molecular flexibility index (Phi) is 5.57. The summed E-state index contributed by atoms with van der Waals surface area (Å²) in [6, 6.07) is 27.5. The van der Waals surface area contributed by atoms with Crippen molar-refractivity contribution in [3.05, 3.63) is 102 Å². The molecule has 0 aliphatic rings. The van der Waals surface area contributed by atoms with Gasteiger partial charge in [-0.05, 0) is 51.7 Å². The van der Waals surface area contributed by atoms with Crippen LogP contribution >= 0.6 is 0 Å². The van der Waals surface area contributed by atoms with E-state index in [-0.39, 0.29) is 6.42 Å². The van der Waals surface area contributed by atoms with E-state index in [2.05, 4.69) is 0 Å². The predicted molar refractivity (Wildman–Crippen MR) is 117 cm³/mol. The molecule has 0 unspecified atom stereocenters. The Bertz CT molecular complexity index is 1270. The van der Waals surface area contributed by atoms with Crippen molar-refractivity contribution in [1.29, 1.82) is 0 Å². The molecule has 4 aromatic rings. The highest BCUT2D eigenvalue weighted by Crippen LogP contribution is 2.18. The SMILES string of the molecule is C/C(=C\c1ccc2ccccc2c1)C(=O)OOC(=O)Cc1ccc2ccccc2c1. The smallest absolute Gasteiger partial charge is 0.247 e. The zero-order valence-electron chi connectivity index (χ0n) is 16.5. The molecule has 4 rings (SSSR count). The first-order chi connectivity index (χ1) is 14.6. The van der Waals surface area contributed by atoms with E-state index < -0.39 is 11.9 Å². The van der Waals surface area contributed by atoms with Crippen LogP contribution in [-0.2, 0) is 25.8 Å². The Morgan fingerprint density at radius 3 is 2.03 bits per heavy atom. The quantitative estimate of drug-likeness (QED) is 0.254. The zero-order chi connectivity index (χ0) is 20.9. The Balaban J connectivity index is 1.36. The first-order valence-corrected chi connectivity index (χ1v) is 9.65. The number of carbonyl (C=O) groups is 2. The highest BCUT2D eigenvalue weighted by Gasteiger charge is 2.13. The molecule has 4 nitrogen and oxygen atoms in total. The van der Waals surface area contributed by atoms with Crippen molar-refractivity contribution >= 4 is 39.6 Å². The third-order valence-corrected chi connectivity index (χ3v) is 4.85. The Labute approximate surface area is 174 Å². The molecular weight excluding hydrogens is 376 g/mol. The molecule has 0 heterocycles. The summed E-state index contributed by atoms with van der Waals surface area (Å²) in [6.45, 7) is 1.62. The van der Waals surface area contributed by atoms with Crippen LogP contribution in [0.15, 0.2) is 90.5 Å². The summed E-state index contributed by atoms with van der Waals surface area (Å²) in [5, 5.41) is 4.33. The van der Waals surface area contributed by atoms with Crippen molar-refractivity contribution in [1.82, 2.24) is 0 Å². The minimum Gasteiger partial charge on any atom is -0.247 e. The summed E-state index contributed by atoms with van der Waals surface area (Å²) >= 11 is 0. The molecule has 148 valence electrons. The van der Waals surface area contributed by atoms with E-state index >= 15 is 0 Å². The fourth-order valence-electron chi connectivity index (χ4n) is 3.30. The fourth-order valence-corrected chi connectivity index (χ4v) is 3.30. The summed E-state index contributed by atoms with van der Waals surface area (Å²) in [4.78, 5) is 33.7. The van der Waals surface area contributed by atoms with Crippen LogP contribution in [0.4, 0.5) is 0 Å². The Hall–Kier alpha value is -3.92. The van der Waals surface area contributed by atoms with Crippen LogP contribution in [0.25, 0.3) is 27.6 Å². The van der Waals surface area contributed by atoms with Gasteiger partial charge < -0.3 is 0 Å². The van der Waals surface area contributed by atoms with Crippen LogP contribution in [0, 0.1) is 0 Å². The number of hydrogen-bond donors (Lipinski definition) is 0. The van der Waals surface area contributed by atoms with Crippen LogP contribution < -0.4 is 0 Å². The molecule has 0 saturated heterocycles. The molecule has 30 heavy (non-hydrogen) atoms. The number of fused-ring (bicyclic) bond motifs is 2. The molecule has 0 spiro atoms. The first-order valence-electron chi connectivity index (χ1n) is 9.65. The van der Waals surface area contributed by atoms with Crippen molar-refractivity contribution in [2.75, 3.05) is 0 Å². The molecular formula is C26H20O4. The summed E-state index contributed by atoms with van der Waals surface area (Å²) in [5.41, 5.74) is 1.99. The maximum absolute atomic E-state index is 12.2. The van der Waals surface area contributed by atoms with Gasteiger partial charge in [-0.25, -0.2) is 19.4 Å². The van der Waals surface area contributed by atoms with Gasteiger partial charge in [-0.15, -0.1) is 0 Å². The normalized spacial score (nSPS) is 11.4. The molecule has 4 heteroatoms. The van der Waals surface area contributed by atoms with Crippen LogP contribution in [0.5, 0.6) is 0 Å². The lowest BCUT2D eigenvalue weighted by molar-refractivity contribution is -0.255. The van der Waals surface area contributed by atoms with E-state index in [4.69, 9.17) is 9.78 Å². The van der Waals surface area contributed by atoms with E-state index in [0.29, 0.717) is 5.57 Å².